The number of aliphatic carboxylic acids is 1. The Morgan fingerprint density at radius 2 is 1.93 bits per heavy atom. The molecule has 0 atom stereocenters. The summed E-state index contributed by atoms with van der Waals surface area (Å²) in [5.41, 5.74) is -0.934. The van der Waals surface area contributed by atoms with Crippen molar-refractivity contribution in [1.29, 1.82) is 0 Å². The standard InChI is InChI=1S/C10H18O4/c1-13-7-8-14-10(9(11)12)5-3-2-4-6-10/h2-8H2,1H3,(H,11,12). The Balaban J connectivity index is 2.47. The molecule has 0 aliphatic heterocycles. The quantitative estimate of drug-likeness (QED) is 0.685. The lowest BCUT2D eigenvalue weighted by Gasteiger charge is -2.32. The topological polar surface area (TPSA) is 55.8 Å². The first-order valence-corrected chi connectivity index (χ1v) is 5.07. The number of methoxy groups -OCH3 is 1. The fourth-order valence-corrected chi connectivity index (χ4v) is 1.86. The first-order chi connectivity index (χ1) is 6.71. The van der Waals surface area contributed by atoms with Crippen molar-refractivity contribution in [3.05, 3.63) is 0 Å². The molecule has 0 saturated heterocycles. The third kappa shape index (κ3) is 2.69. The second-order valence-electron chi connectivity index (χ2n) is 3.70. The maximum absolute atomic E-state index is 11.1. The van der Waals surface area contributed by atoms with E-state index in [0.717, 1.165) is 19.3 Å². The second kappa shape index (κ2) is 5.32. The van der Waals surface area contributed by atoms with Crippen LogP contribution in [0.2, 0.25) is 0 Å². The van der Waals surface area contributed by atoms with Crippen LogP contribution in [0.15, 0.2) is 0 Å². The van der Waals surface area contributed by atoms with Crippen LogP contribution in [0.3, 0.4) is 0 Å². The van der Waals surface area contributed by atoms with Crippen LogP contribution in [-0.4, -0.2) is 37.0 Å². The van der Waals surface area contributed by atoms with Gasteiger partial charge in [-0.2, -0.15) is 0 Å². The molecule has 1 fully saturated rings. The zero-order valence-electron chi connectivity index (χ0n) is 8.62. The van der Waals surface area contributed by atoms with Crippen LogP contribution in [0, 0.1) is 0 Å². The molecule has 1 N–H and O–H groups in total. The maximum Gasteiger partial charge on any atom is 0.335 e. The van der Waals surface area contributed by atoms with Crippen LogP contribution in [0.25, 0.3) is 0 Å². The number of hydrogen-bond donors (Lipinski definition) is 1. The molecule has 4 heteroatoms. The number of hydrogen-bond acceptors (Lipinski definition) is 3. The summed E-state index contributed by atoms with van der Waals surface area (Å²) in [4.78, 5) is 11.1. The van der Waals surface area contributed by atoms with E-state index in [-0.39, 0.29) is 0 Å². The Hall–Kier alpha value is -0.610. The molecule has 0 aromatic carbocycles. The van der Waals surface area contributed by atoms with Gasteiger partial charge in [-0.15, -0.1) is 0 Å². The summed E-state index contributed by atoms with van der Waals surface area (Å²) < 4.78 is 10.3. The predicted octanol–water partition coefficient (Wildman–Crippen LogP) is 1.44. The molecule has 0 aromatic heterocycles. The van der Waals surface area contributed by atoms with E-state index >= 15 is 0 Å². The highest BCUT2D eigenvalue weighted by Crippen LogP contribution is 2.31. The van der Waals surface area contributed by atoms with Crippen molar-refractivity contribution in [2.24, 2.45) is 0 Å². The lowest BCUT2D eigenvalue weighted by atomic mass is 9.85. The van der Waals surface area contributed by atoms with Crippen LogP contribution < -0.4 is 0 Å². The Morgan fingerprint density at radius 1 is 1.29 bits per heavy atom. The molecule has 0 amide bonds. The highest BCUT2D eigenvalue weighted by molar-refractivity contribution is 5.77. The van der Waals surface area contributed by atoms with Gasteiger partial charge >= 0.3 is 5.97 Å². The van der Waals surface area contributed by atoms with E-state index in [0.29, 0.717) is 26.1 Å². The minimum Gasteiger partial charge on any atom is -0.479 e. The molecule has 1 aliphatic rings. The minimum absolute atomic E-state index is 0.364. The van der Waals surface area contributed by atoms with Crippen molar-refractivity contribution < 1.29 is 19.4 Å². The maximum atomic E-state index is 11.1. The van der Waals surface area contributed by atoms with Crippen LogP contribution in [-0.2, 0) is 14.3 Å². The average molecular weight is 202 g/mol. The van der Waals surface area contributed by atoms with Gasteiger partial charge in [0.25, 0.3) is 0 Å². The van der Waals surface area contributed by atoms with Crippen LogP contribution >= 0.6 is 0 Å². The van der Waals surface area contributed by atoms with Gasteiger partial charge < -0.3 is 14.6 Å². The Labute approximate surface area is 84.2 Å². The molecule has 14 heavy (non-hydrogen) atoms. The van der Waals surface area contributed by atoms with E-state index in [1.165, 1.54) is 0 Å². The Kier molecular flexibility index (Phi) is 4.35. The van der Waals surface area contributed by atoms with Gasteiger partial charge in [-0.05, 0) is 25.7 Å². The van der Waals surface area contributed by atoms with Gasteiger partial charge in [-0.25, -0.2) is 4.79 Å². The molecule has 0 spiro atoms. The molecule has 82 valence electrons. The molecule has 1 aliphatic carbocycles. The summed E-state index contributed by atoms with van der Waals surface area (Å²) in [5.74, 6) is -0.826. The summed E-state index contributed by atoms with van der Waals surface area (Å²) in [6.07, 6.45) is 4.26. The molecule has 0 unspecified atom stereocenters. The molecular weight excluding hydrogens is 184 g/mol. The number of carboxylic acid groups (broad SMARTS) is 1. The molecule has 0 radical (unpaired) electrons. The molecule has 1 saturated carbocycles. The van der Waals surface area contributed by atoms with Crippen molar-refractivity contribution in [3.63, 3.8) is 0 Å². The van der Waals surface area contributed by atoms with Crippen molar-refractivity contribution in [3.8, 4) is 0 Å². The first-order valence-electron chi connectivity index (χ1n) is 5.07. The van der Waals surface area contributed by atoms with Crippen molar-refractivity contribution in [1.82, 2.24) is 0 Å². The fraction of sp³-hybridized carbons (Fsp3) is 0.900. The molecule has 0 aromatic rings. The number of carboxylic acids is 1. The van der Waals surface area contributed by atoms with Gasteiger partial charge in [-0.1, -0.05) is 6.42 Å². The van der Waals surface area contributed by atoms with Crippen molar-refractivity contribution >= 4 is 5.97 Å². The zero-order chi connectivity index (χ0) is 10.4. The minimum atomic E-state index is -0.934. The van der Waals surface area contributed by atoms with Gasteiger partial charge in [0.05, 0.1) is 13.2 Å². The van der Waals surface area contributed by atoms with E-state index in [1.54, 1.807) is 7.11 Å². The summed E-state index contributed by atoms with van der Waals surface area (Å²) in [5, 5.41) is 9.12. The highest BCUT2D eigenvalue weighted by atomic mass is 16.5. The molecule has 0 heterocycles. The second-order valence-corrected chi connectivity index (χ2v) is 3.70. The van der Waals surface area contributed by atoms with E-state index in [2.05, 4.69) is 0 Å². The molecule has 1 rings (SSSR count). The monoisotopic (exact) mass is 202 g/mol. The zero-order valence-corrected chi connectivity index (χ0v) is 8.62. The smallest absolute Gasteiger partial charge is 0.335 e. The number of rotatable bonds is 5. The summed E-state index contributed by atoms with van der Waals surface area (Å²) >= 11 is 0. The van der Waals surface area contributed by atoms with E-state index in [4.69, 9.17) is 14.6 Å². The van der Waals surface area contributed by atoms with Crippen molar-refractivity contribution in [2.75, 3.05) is 20.3 Å². The summed E-state index contributed by atoms with van der Waals surface area (Å²) in [6.45, 7) is 0.817. The van der Waals surface area contributed by atoms with E-state index in [9.17, 15) is 4.79 Å². The van der Waals surface area contributed by atoms with Crippen molar-refractivity contribution in [2.45, 2.75) is 37.7 Å². The number of carbonyl (C=O) groups is 1. The Bertz CT molecular complexity index is 185. The summed E-state index contributed by atoms with van der Waals surface area (Å²) in [7, 11) is 1.58. The third-order valence-electron chi connectivity index (χ3n) is 2.72. The number of ether oxygens (including phenoxy) is 2. The lowest BCUT2D eigenvalue weighted by Crippen LogP contribution is -2.44. The van der Waals surface area contributed by atoms with Gasteiger partial charge in [0.2, 0.25) is 0 Å². The van der Waals surface area contributed by atoms with E-state index in [1.807, 2.05) is 0 Å². The molecular formula is C10H18O4. The largest absolute Gasteiger partial charge is 0.479 e. The van der Waals surface area contributed by atoms with Crippen LogP contribution in [0.5, 0.6) is 0 Å². The summed E-state index contributed by atoms with van der Waals surface area (Å²) in [6, 6.07) is 0. The predicted molar refractivity (Wildman–Crippen MR) is 51.3 cm³/mol. The third-order valence-corrected chi connectivity index (χ3v) is 2.72. The van der Waals surface area contributed by atoms with Crippen LogP contribution in [0.1, 0.15) is 32.1 Å². The molecule has 4 nitrogen and oxygen atoms in total. The van der Waals surface area contributed by atoms with Gasteiger partial charge in [0.1, 0.15) is 0 Å². The highest BCUT2D eigenvalue weighted by Gasteiger charge is 2.40. The van der Waals surface area contributed by atoms with E-state index < -0.39 is 11.6 Å². The lowest BCUT2D eigenvalue weighted by molar-refractivity contribution is -0.172. The van der Waals surface area contributed by atoms with Crippen LogP contribution in [0.4, 0.5) is 0 Å². The first kappa shape index (κ1) is 11.5. The normalized spacial score (nSPS) is 20.6. The average Bonchev–Trinajstić information content (AvgIpc) is 2.19. The van der Waals surface area contributed by atoms with Gasteiger partial charge in [0.15, 0.2) is 5.60 Å². The SMILES string of the molecule is COCCOC1(C(=O)O)CCCCC1. The fourth-order valence-electron chi connectivity index (χ4n) is 1.86. The van der Waals surface area contributed by atoms with Gasteiger partial charge in [0, 0.05) is 7.11 Å². The Morgan fingerprint density at radius 3 is 2.43 bits per heavy atom. The molecule has 0 bridgehead atoms. The van der Waals surface area contributed by atoms with Gasteiger partial charge in [-0.3, -0.25) is 0 Å².